The Morgan fingerprint density at radius 1 is 1.29 bits per heavy atom. The first-order valence-electron chi connectivity index (χ1n) is 8.54. The van der Waals surface area contributed by atoms with Gasteiger partial charge in [0.2, 0.25) is 11.7 Å². The topological polar surface area (TPSA) is 60.2 Å². The zero-order valence-electron chi connectivity index (χ0n) is 12.8. The van der Waals surface area contributed by atoms with Crippen LogP contribution in [0.4, 0.5) is 0 Å². The first kappa shape index (κ1) is 13.7. The molecular formula is C16H25N3O2. The van der Waals surface area contributed by atoms with Crippen LogP contribution in [0.15, 0.2) is 4.52 Å². The molecule has 0 aromatic carbocycles. The molecule has 1 saturated heterocycles. The average molecular weight is 291 g/mol. The fraction of sp³-hybridized carbons (Fsp3) is 0.875. The minimum absolute atomic E-state index is 0.263. The molecule has 0 bridgehead atoms. The van der Waals surface area contributed by atoms with Crippen molar-refractivity contribution in [3.05, 3.63) is 11.7 Å². The number of ether oxygens (including phenoxy) is 1. The molecule has 2 aliphatic carbocycles. The Balaban J connectivity index is 1.58. The van der Waals surface area contributed by atoms with Gasteiger partial charge in [0, 0.05) is 6.61 Å². The second-order valence-electron chi connectivity index (χ2n) is 6.83. The maximum atomic E-state index is 6.03. The lowest BCUT2D eigenvalue weighted by atomic mass is 9.94. The lowest BCUT2D eigenvalue weighted by Crippen LogP contribution is -2.28. The highest BCUT2D eigenvalue weighted by Gasteiger charge is 2.45. The van der Waals surface area contributed by atoms with Gasteiger partial charge in [0.05, 0.1) is 6.04 Å². The van der Waals surface area contributed by atoms with Gasteiger partial charge >= 0.3 is 0 Å². The minimum Gasteiger partial charge on any atom is -0.367 e. The molecule has 0 spiro atoms. The summed E-state index contributed by atoms with van der Waals surface area (Å²) in [5.41, 5.74) is -0.288. The quantitative estimate of drug-likeness (QED) is 0.924. The van der Waals surface area contributed by atoms with Crippen LogP contribution in [-0.4, -0.2) is 23.3 Å². The second kappa shape index (κ2) is 5.36. The van der Waals surface area contributed by atoms with Gasteiger partial charge in [-0.05, 0) is 63.8 Å². The summed E-state index contributed by atoms with van der Waals surface area (Å²) >= 11 is 0. The molecule has 1 aromatic rings. The second-order valence-corrected chi connectivity index (χ2v) is 6.83. The smallest absolute Gasteiger partial charge is 0.244 e. The molecule has 5 nitrogen and oxygen atoms in total. The third-order valence-electron chi connectivity index (χ3n) is 5.69. The summed E-state index contributed by atoms with van der Waals surface area (Å²) in [6.45, 7) is 3.85. The molecule has 0 amide bonds. The van der Waals surface area contributed by atoms with Crippen molar-refractivity contribution in [3.8, 4) is 0 Å². The van der Waals surface area contributed by atoms with Crippen molar-refractivity contribution >= 4 is 0 Å². The molecule has 0 radical (unpaired) electrons. The van der Waals surface area contributed by atoms with Gasteiger partial charge in [-0.2, -0.15) is 4.98 Å². The Labute approximate surface area is 125 Å². The largest absolute Gasteiger partial charge is 0.367 e. The number of nitrogens with one attached hydrogen (secondary N) is 1. The SMILES string of the molecule is CCOC1(c2noc(C3NCC4CCCC43)n2)CCCC1. The van der Waals surface area contributed by atoms with Crippen LogP contribution in [-0.2, 0) is 10.3 Å². The van der Waals surface area contributed by atoms with Crippen LogP contribution < -0.4 is 5.32 Å². The van der Waals surface area contributed by atoms with Gasteiger partial charge in [-0.25, -0.2) is 0 Å². The van der Waals surface area contributed by atoms with E-state index in [1.165, 1.54) is 32.1 Å². The average Bonchev–Trinajstić information content (AvgIpc) is 3.23. The molecule has 3 unspecified atom stereocenters. The van der Waals surface area contributed by atoms with E-state index < -0.39 is 0 Å². The van der Waals surface area contributed by atoms with Crippen molar-refractivity contribution in [1.29, 1.82) is 0 Å². The summed E-state index contributed by atoms with van der Waals surface area (Å²) < 4.78 is 11.7. The molecule has 3 atom stereocenters. The molecule has 116 valence electrons. The summed E-state index contributed by atoms with van der Waals surface area (Å²) in [6, 6.07) is 0.263. The van der Waals surface area contributed by atoms with E-state index >= 15 is 0 Å². The van der Waals surface area contributed by atoms with Gasteiger partial charge in [-0.1, -0.05) is 11.6 Å². The van der Waals surface area contributed by atoms with Gasteiger partial charge in [0.1, 0.15) is 5.60 Å². The molecule has 2 heterocycles. The Kier molecular flexibility index (Phi) is 3.50. The van der Waals surface area contributed by atoms with E-state index in [0.717, 1.165) is 37.0 Å². The molecule has 3 aliphatic rings. The highest BCUT2D eigenvalue weighted by Crippen LogP contribution is 2.45. The van der Waals surface area contributed by atoms with Gasteiger partial charge < -0.3 is 14.6 Å². The van der Waals surface area contributed by atoms with Crippen LogP contribution >= 0.6 is 0 Å². The Morgan fingerprint density at radius 2 is 2.14 bits per heavy atom. The van der Waals surface area contributed by atoms with Crippen molar-refractivity contribution < 1.29 is 9.26 Å². The Morgan fingerprint density at radius 3 is 2.95 bits per heavy atom. The van der Waals surface area contributed by atoms with Crippen molar-refractivity contribution in [2.24, 2.45) is 11.8 Å². The predicted octanol–water partition coefficient (Wildman–Crippen LogP) is 2.94. The Hall–Kier alpha value is -0.940. The van der Waals surface area contributed by atoms with Crippen molar-refractivity contribution in [3.63, 3.8) is 0 Å². The fourth-order valence-electron chi connectivity index (χ4n) is 4.66. The molecular weight excluding hydrogens is 266 g/mol. The molecule has 1 N–H and O–H groups in total. The van der Waals surface area contributed by atoms with Crippen LogP contribution in [0.3, 0.4) is 0 Å². The molecule has 21 heavy (non-hydrogen) atoms. The maximum absolute atomic E-state index is 6.03. The standard InChI is InChI=1S/C16H25N3O2/c1-2-20-16(8-3-4-9-16)15-18-14(21-19-15)13-12-7-5-6-11(12)10-17-13/h11-13,17H,2-10H2,1H3. The highest BCUT2D eigenvalue weighted by atomic mass is 16.5. The number of hydrogen-bond donors (Lipinski definition) is 1. The van der Waals surface area contributed by atoms with Crippen LogP contribution in [0.25, 0.3) is 0 Å². The summed E-state index contributed by atoms with van der Waals surface area (Å²) in [7, 11) is 0. The van der Waals surface area contributed by atoms with Crippen LogP contribution in [0.1, 0.15) is 69.6 Å². The van der Waals surface area contributed by atoms with E-state index in [4.69, 9.17) is 14.2 Å². The van der Waals surface area contributed by atoms with Crippen LogP contribution in [0, 0.1) is 11.8 Å². The first-order valence-corrected chi connectivity index (χ1v) is 8.54. The molecule has 1 aliphatic heterocycles. The van der Waals surface area contributed by atoms with E-state index in [1.54, 1.807) is 0 Å². The number of aromatic nitrogens is 2. The number of fused-ring (bicyclic) bond motifs is 1. The molecule has 2 saturated carbocycles. The molecule has 5 heteroatoms. The highest BCUT2D eigenvalue weighted by molar-refractivity contribution is 5.09. The minimum atomic E-state index is -0.288. The number of nitrogens with zero attached hydrogens (tertiary/aromatic N) is 2. The van der Waals surface area contributed by atoms with Crippen molar-refractivity contribution in [2.45, 2.75) is 63.5 Å². The summed E-state index contributed by atoms with van der Waals surface area (Å²) in [5, 5.41) is 7.88. The fourth-order valence-corrected chi connectivity index (χ4v) is 4.66. The van der Waals surface area contributed by atoms with Crippen LogP contribution in [0.2, 0.25) is 0 Å². The van der Waals surface area contributed by atoms with Gasteiger partial charge in [0.15, 0.2) is 0 Å². The summed E-state index contributed by atoms with van der Waals surface area (Å²) in [4.78, 5) is 4.76. The van der Waals surface area contributed by atoms with E-state index in [0.29, 0.717) is 12.5 Å². The van der Waals surface area contributed by atoms with E-state index in [-0.39, 0.29) is 11.6 Å². The first-order chi connectivity index (χ1) is 10.3. The lowest BCUT2D eigenvalue weighted by molar-refractivity contribution is -0.0469. The normalized spacial score (nSPS) is 34.4. The summed E-state index contributed by atoms with van der Waals surface area (Å²) in [5.74, 6) is 3.05. The predicted molar refractivity (Wildman–Crippen MR) is 77.6 cm³/mol. The number of rotatable bonds is 4. The lowest BCUT2D eigenvalue weighted by Gasteiger charge is -2.24. The van der Waals surface area contributed by atoms with E-state index in [9.17, 15) is 0 Å². The van der Waals surface area contributed by atoms with Crippen molar-refractivity contribution in [2.75, 3.05) is 13.2 Å². The zero-order chi connectivity index (χ0) is 14.3. The van der Waals surface area contributed by atoms with E-state index in [2.05, 4.69) is 10.5 Å². The van der Waals surface area contributed by atoms with Gasteiger partial charge in [0.25, 0.3) is 0 Å². The maximum Gasteiger partial charge on any atom is 0.244 e. The van der Waals surface area contributed by atoms with E-state index in [1.807, 2.05) is 6.92 Å². The monoisotopic (exact) mass is 291 g/mol. The number of hydrogen-bond acceptors (Lipinski definition) is 5. The van der Waals surface area contributed by atoms with Crippen LogP contribution in [0.5, 0.6) is 0 Å². The van der Waals surface area contributed by atoms with Gasteiger partial charge in [-0.3, -0.25) is 0 Å². The molecule has 1 aromatic heterocycles. The Bertz CT molecular complexity index is 495. The third kappa shape index (κ3) is 2.21. The molecule has 3 fully saturated rings. The third-order valence-corrected chi connectivity index (χ3v) is 5.69. The van der Waals surface area contributed by atoms with Gasteiger partial charge in [-0.15, -0.1) is 0 Å². The molecule has 4 rings (SSSR count). The summed E-state index contributed by atoms with van der Waals surface area (Å²) in [6.07, 6.45) is 8.40. The van der Waals surface area contributed by atoms with Crippen molar-refractivity contribution in [1.82, 2.24) is 15.5 Å². The zero-order valence-corrected chi connectivity index (χ0v) is 12.8.